The molecule has 11 heteroatoms. The van der Waals surface area contributed by atoms with Gasteiger partial charge in [0.25, 0.3) is 5.91 Å². The Morgan fingerprint density at radius 3 is 2.67 bits per heavy atom. The van der Waals surface area contributed by atoms with E-state index in [2.05, 4.69) is 14.6 Å². The third kappa shape index (κ3) is 6.98. The summed E-state index contributed by atoms with van der Waals surface area (Å²) in [4.78, 5) is 20.0. The number of nitrogens with one attached hydrogen (secondary N) is 1. The van der Waals surface area contributed by atoms with Crippen LogP contribution in [0.25, 0.3) is 0 Å². The number of pyridine rings is 1. The molecule has 3 aliphatic rings. The number of hydrogen-bond donors (Lipinski definition) is 1. The smallest absolute Gasteiger partial charge is 0.264 e. The standard InChI is InChI=1S/C37H43ClFN3O5S/c1-24-8-7-18-37(46-3,34-10-6-11-35(39)40-34)31-16-13-28(31)22-42-19-5-4-9-26-20-30(38)15-12-29(26)23-47-33-17-14-27(21-32(33)42)36(43)41-48(44,45)25(24)2/h6-7,10-12,14-15,17-18,20-21,24-25,28,31H,4-5,8-9,13,16,19,22-23H2,1-3H3,(H,41,43)/b18-7+/t24-,25+,28-,31+,37+/m0/s1. The molecule has 0 unspecified atom stereocenters. The van der Waals surface area contributed by atoms with Crippen LogP contribution in [0.4, 0.5) is 10.1 Å². The minimum Gasteiger partial charge on any atom is -0.487 e. The van der Waals surface area contributed by atoms with Crippen molar-refractivity contribution in [1.82, 2.24) is 9.71 Å². The maximum Gasteiger partial charge on any atom is 0.264 e. The number of sulfonamides is 1. The lowest BCUT2D eigenvalue weighted by atomic mass is 9.63. The Labute approximate surface area is 287 Å². The Morgan fingerprint density at radius 2 is 1.92 bits per heavy atom. The van der Waals surface area contributed by atoms with Gasteiger partial charge in [-0.1, -0.05) is 42.8 Å². The number of rotatable bonds is 2. The average Bonchev–Trinajstić information content (AvgIpc) is 3.08. The minimum absolute atomic E-state index is 0.0298. The van der Waals surface area contributed by atoms with Gasteiger partial charge in [-0.05, 0) is 111 Å². The van der Waals surface area contributed by atoms with Gasteiger partial charge in [-0.15, -0.1) is 0 Å². The molecule has 2 aliphatic heterocycles. The van der Waals surface area contributed by atoms with Crippen molar-refractivity contribution >= 4 is 33.2 Å². The van der Waals surface area contributed by atoms with Gasteiger partial charge < -0.3 is 14.4 Å². The molecule has 1 aliphatic carbocycles. The zero-order chi connectivity index (χ0) is 34.1. The molecule has 0 spiro atoms. The molecule has 1 N–H and O–H groups in total. The van der Waals surface area contributed by atoms with Gasteiger partial charge in [0.15, 0.2) is 0 Å². The molecule has 1 fully saturated rings. The summed E-state index contributed by atoms with van der Waals surface area (Å²) in [5.41, 5.74) is 2.61. The Hall–Kier alpha value is -3.47. The van der Waals surface area contributed by atoms with Crippen molar-refractivity contribution in [2.24, 2.45) is 17.8 Å². The van der Waals surface area contributed by atoms with Gasteiger partial charge in [-0.25, -0.2) is 18.1 Å². The van der Waals surface area contributed by atoms with E-state index < -0.39 is 32.7 Å². The van der Waals surface area contributed by atoms with Crippen molar-refractivity contribution in [3.8, 4) is 5.75 Å². The first-order valence-electron chi connectivity index (χ1n) is 16.7. The van der Waals surface area contributed by atoms with Crippen molar-refractivity contribution in [1.29, 1.82) is 0 Å². The third-order valence-corrected chi connectivity index (χ3v) is 12.7. The molecule has 1 amide bonds. The molecule has 0 saturated heterocycles. The first-order valence-corrected chi connectivity index (χ1v) is 18.6. The highest BCUT2D eigenvalue weighted by molar-refractivity contribution is 7.90. The van der Waals surface area contributed by atoms with Gasteiger partial charge in [0.05, 0.1) is 16.6 Å². The van der Waals surface area contributed by atoms with Crippen LogP contribution >= 0.6 is 11.6 Å². The number of aromatic nitrogens is 1. The van der Waals surface area contributed by atoms with Gasteiger partial charge in [0.2, 0.25) is 16.0 Å². The molecule has 3 aromatic rings. The van der Waals surface area contributed by atoms with E-state index in [0.29, 0.717) is 42.6 Å². The molecule has 6 rings (SSSR count). The zero-order valence-corrected chi connectivity index (χ0v) is 29.2. The maximum absolute atomic E-state index is 14.6. The number of anilines is 1. The number of allylic oxidation sites excluding steroid dienone is 1. The molecule has 3 heterocycles. The fourth-order valence-corrected chi connectivity index (χ4v) is 8.78. The summed E-state index contributed by atoms with van der Waals surface area (Å²) >= 11 is 6.35. The fraction of sp³-hybridized carbons (Fsp3) is 0.459. The summed E-state index contributed by atoms with van der Waals surface area (Å²) in [6, 6.07) is 15.7. The van der Waals surface area contributed by atoms with E-state index in [1.807, 2.05) is 37.3 Å². The van der Waals surface area contributed by atoms with Crippen LogP contribution < -0.4 is 14.4 Å². The molecule has 8 nitrogen and oxygen atoms in total. The molecular weight excluding hydrogens is 653 g/mol. The summed E-state index contributed by atoms with van der Waals surface area (Å²) in [5, 5.41) is -0.183. The van der Waals surface area contributed by atoms with Crippen LogP contribution in [0.5, 0.6) is 5.75 Å². The SMILES string of the molecule is CO[C@]1(c2cccc(F)n2)/C=C/C[C@H](C)[C@@H](C)S(=O)(=O)NC(=O)c2ccc3c(c2)N(CCCCc2cc(Cl)ccc2CO3)C[C@@H]2CC[C@H]21. The summed E-state index contributed by atoms with van der Waals surface area (Å²) < 4.78 is 56.6. The van der Waals surface area contributed by atoms with Gasteiger partial charge in [0.1, 0.15) is 18.0 Å². The summed E-state index contributed by atoms with van der Waals surface area (Å²) in [6.45, 7) is 5.07. The van der Waals surface area contributed by atoms with Crippen molar-refractivity contribution < 1.29 is 27.1 Å². The Kier molecular flexibility index (Phi) is 10.2. The van der Waals surface area contributed by atoms with Crippen molar-refractivity contribution in [3.05, 3.63) is 100 Å². The highest BCUT2D eigenvalue weighted by Gasteiger charge is 2.49. The molecule has 2 aromatic carbocycles. The lowest BCUT2D eigenvalue weighted by Gasteiger charge is -2.49. The number of nitrogens with zero attached hydrogens (tertiary/aromatic N) is 2. The van der Waals surface area contributed by atoms with Gasteiger partial charge in [0, 0.05) is 36.7 Å². The van der Waals surface area contributed by atoms with Crippen molar-refractivity contribution in [2.45, 2.75) is 69.8 Å². The first-order chi connectivity index (χ1) is 23.0. The predicted octanol–water partition coefficient (Wildman–Crippen LogP) is 7.21. The second kappa shape index (κ2) is 14.2. The van der Waals surface area contributed by atoms with Crippen LogP contribution in [0, 0.1) is 23.7 Å². The molecular formula is C37H43ClFN3O5S. The normalized spacial score (nSPS) is 28.4. The number of benzene rings is 2. The lowest BCUT2D eigenvalue weighted by molar-refractivity contribution is -0.0833. The number of fused-ring (bicyclic) bond motifs is 3. The number of aryl methyl sites for hydroxylation is 1. The van der Waals surface area contributed by atoms with Gasteiger partial charge >= 0.3 is 0 Å². The maximum atomic E-state index is 14.6. The Bertz CT molecular complexity index is 1800. The molecule has 5 atom stereocenters. The van der Waals surface area contributed by atoms with Crippen LogP contribution in [-0.4, -0.2) is 44.8 Å². The van der Waals surface area contributed by atoms with Gasteiger partial charge in [-0.2, -0.15) is 4.39 Å². The molecule has 1 saturated carbocycles. The molecule has 2 bridgehead atoms. The second-order valence-corrected chi connectivity index (χ2v) is 15.8. The van der Waals surface area contributed by atoms with E-state index in [1.165, 1.54) is 6.07 Å². The second-order valence-electron chi connectivity index (χ2n) is 13.4. The Balaban J connectivity index is 1.45. The molecule has 0 radical (unpaired) electrons. The van der Waals surface area contributed by atoms with Crippen molar-refractivity contribution in [2.75, 3.05) is 25.1 Å². The number of carbonyl (C=O) groups excluding carboxylic acids is 1. The third-order valence-electron chi connectivity index (χ3n) is 10.5. The topological polar surface area (TPSA) is 97.8 Å². The number of hydrogen-bond acceptors (Lipinski definition) is 7. The predicted molar refractivity (Wildman–Crippen MR) is 185 cm³/mol. The lowest BCUT2D eigenvalue weighted by Crippen LogP contribution is -2.50. The highest BCUT2D eigenvalue weighted by atomic mass is 35.5. The van der Waals surface area contributed by atoms with Crippen molar-refractivity contribution in [3.63, 3.8) is 0 Å². The van der Waals surface area contributed by atoms with E-state index in [4.69, 9.17) is 21.1 Å². The monoisotopic (exact) mass is 695 g/mol. The first kappa shape index (κ1) is 34.4. The Morgan fingerprint density at radius 1 is 1.08 bits per heavy atom. The number of amides is 1. The highest BCUT2D eigenvalue weighted by Crippen LogP contribution is 2.50. The molecule has 1 aromatic heterocycles. The number of halogens is 2. The largest absolute Gasteiger partial charge is 0.487 e. The molecule has 256 valence electrons. The quantitative estimate of drug-likeness (QED) is 0.224. The summed E-state index contributed by atoms with van der Waals surface area (Å²) in [6.07, 6.45) is 8.67. The summed E-state index contributed by atoms with van der Waals surface area (Å²) in [5.74, 6) is -0.877. The average molecular weight is 696 g/mol. The van der Waals surface area contributed by atoms with Crippen LogP contribution in [0.15, 0.2) is 66.7 Å². The minimum atomic E-state index is -4.02. The van der Waals surface area contributed by atoms with E-state index in [9.17, 15) is 17.6 Å². The van der Waals surface area contributed by atoms with Crippen LogP contribution in [0.2, 0.25) is 5.02 Å². The summed E-state index contributed by atoms with van der Waals surface area (Å²) in [7, 11) is -2.39. The number of ether oxygens (including phenoxy) is 2. The van der Waals surface area contributed by atoms with Crippen LogP contribution in [-0.2, 0) is 33.4 Å². The van der Waals surface area contributed by atoms with Gasteiger partial charge in [-0.3, -0.25) is 4.79 Å². The van der Waals surface area contributed by atoms with E-state index in [1.54, 1.807) is 44.4 Å². The number of methoxy groups -OCH3 is 1. The fourth-order valence-electron chi connectivity index (χ4n) is 7.30. The van der Waals surface area contributed by atoms with E-state index >= 15 is 0 Å². The van der Waals surface area contributed by atoms with E-state index in [-0.39, 0.29) is 23.3 Å². The van der Waals surface area contributed by atoms with E-state index in [0.717, 1.165) is 48.9 Å². The zero-order valence-electron chi connectivity index (χ0n) is 27.6. The van der Waals surface area contributed by atoms with Crippen LogP contribution in [0.1, 0.15) is 73.1 Å². The van der Waals surface area contributed by atoms with Crippen LogP contribution in [0.3, 0.4) is 0 Å². The molecule has 48 heavy (non-hydrogen) atoms. The number of carbonyl (C=O) groups is 1.